The number of phenols is 1. The van der Waals surface area contributed by atoms with E-state index in [0.29, 0.717) is 16.9 Å². The summed E-state index contributed by atoms with van der Waals surface area (Å²) in [6.45, 7) is 0.958. The molecule has 41 heavy (non-hydrogen) atoms. The van der Waals surface area contributed by atoms with Crippen molar-refractivity contribution in [3.8, 4) is 11.5 Å². The summed E-state index contributed by atoms with van der Waals surface area (Å²) < 4.78 is 46.3. The number of hydrogen-bond acceptors (Lipinski definition) is 9. The molecule has 0 bridgehead atoms. The van der Waals surface area contributed by atoms with Crippen LogP contribution in [0.4, 0.5) is 18.9 Å². The molecule has 0 fully saturated rings. The first kappa shape index (κ1) is 30.2. The van der Waals surface area contributed by atoms with E-state index >= 15 is 0 Å². The van der Waals surface area contributed by atoms with E-state index in [2.05, 4.69) is 0 Å². The lowest BCUT2D eigenvalue weighted by Crippen LogP contribution is -2.58. The highest BCUT2D eigenvalue weighted by atomic mass is 19.1. The predicted octanol–water partition coefficient (Wildman–Crippen LogP) is 3.01. The Morgan fingerprint density at radius 1 is 0.951 bits per heavy atom. The largest absolute Gasteiger partial charge is 0.508 e. The fraction of sp³-hybridized carbons (Fsp3) is 0.414. The lowest BCUT2D eigenvalue weighted by atomic mass is 9.74. The van der Waals surface area contributed by atoms with Crippen LogP contribution in [0.25, 0.3) is 6.08 Å². The van der Waals surface area contributed by atoms with Crippen molar-refractivity contribution in [2.24, 2.45) is 0 Å². The minimum absolute atomic E-state index is 0.105. The molecule has 0 amide bonds. The summed E-state index contributed by atoms with van der Waals surface area (Å²) in [5.74, 6) is 0.265. The third kappa shape index (κ3) is 5.85. The standard InChI is InChI=1S/C29H32F3N3O6/c1-28(2)26-19(17-36)5-4-6-22(26)33(3)29(28)8-7-18-11-21(37)12-20(27(18)41-29)13-34(14-23(30)38)9-10-35(15-24(31)39)16-25(32)40/h4-8,11-12,36-37H,9-10,13-17H2,1-3H3. The van der Waals surface area contributed by atoms with Crippen LogP contribution in [0.2, 0.25) is 0 Å². The minimum atomic E-state index is -1.78. The van der Waals surface area contributed by atoms with Gasteiger partial charge in [-0.25, -0.2) is 0 Å². The van der Waals surface area contributed by atoms with Crippen molar-refractivity contribution in [2.75, 3.05) is 44.7 Å². The zero-order valence-electron chi connectivity index (χ0n) is 23.0. The third-order valence-corrected chi connectivity index (χ3v) is 7.78. The molecule has 0 radical (unpaired) electrons. The van der Waals surface area contributed by atoms with Crippen molar-refractivity contribution in [1.29, 1.82) is 0 Å². The number of aliphatic hydroxyl groups is 1. The van der Waals surface area contributed by atoms with Gasteiger partial charge >= 0.3 is 18.1 Å². The Labute approximate surface area is 235 Å². The Morgan fingerprint density at radius 2 is 1.56 bits per heavy atom. The molecule has 1 atom stereocenters. The van der Waals surface area contributed by atoms with Crippen LogP contribution in [-0.2, 0) is 33.0 Å². The maximum absolute atomic E-state index is 13.6. The van der Waals surface area contributed by atoms with Crippen LogP contribution in [0.5, 0.6) is 11.5 Å². The van der Waals surface area contributed by atoms with E-state index in [1.165, 1.54) is 17.0 Å². The number of phenolic OH excluding ortho intramolecular Hbond substituents is 1. The average Bonchev–Trinajstić information content (AvgIpc) is 3.04. The number of nitrogens with zero attached hydrogens (tertiary/aromatic N) is 3. The zero-order chi connectivity index (χ0) is 30.1. The van der Waals surface area contributed by atoms with E-state index in [1.54, 1.807) is 6.08 Å². The number of benzene rings is 2. The van der Waals surface area contributed by atoms with Crippen molar-refractivity contribution in [1.82, 2.24) is 9.80 Å². The lowest BCUT2D eigenvalue weighted by molar-refractivity contribution is -0.135. The highest BCUT2D eigenvalue weighted by Gasteiger charge is 2.58. The van der Waals surface area contributed by atoms with Crippen molar-refractivity contribution in [2.45, 2.75) is 38.1 Å². The van der Waals surface area contributed by atoms with Gasteiger partial charge in [0.15, 0.2) is 0 Å². The molecule has 1 unspecified atom stereocenters. The number of aliphatic hydroxyl groups excluding tert-OH is 1. The number of aromatic hydroxyl groups is 1. The maximum atomic E-state index is 13.6. The first-order valence-electron chi connectivity index (χ1n) is 13.0. The minimum Gasteiger partial charge on any atom is -0.508 e. The van der Waals surface area contributed by atoms with Crippen LogP contribution in [0.1, 0.15) is 36.1 Å². The molecular weight excluding hydrogens is 543 g/mol. The Hall–Kier alpha value is -3.74. The van der Waals surface area contributed by atoms with Gasteiger partial charge in [0, 0.05) is 43.5 Å². The number of hydrogen-bond donors (Lipinski definition) is 2. The van der Waals surface area contributed by atoms with Crippen molar-refractivity contribution >= 4 is 29.9 Å². The van der Waals surface area contributed by atoms with E-state index < -0.39 is 48.9 Å². The number of carbonyl (C=O) groups excluding carboxylic acids is 3. The summed E-state index contributed by atoms with van der Waals surface area (Å²) in [5, 5.41) is 20.5. The molecule has 0 saturated heterocycles. The normalized spacial score (nSPS) is 18.5. The molecule has 9 nitrogen and oxygen atoms in total. The quantitative estimate of drug-likeness (QED) is 0.369. The molecule has 2 aliphatic rings. The summed E-state index contributed by atoms with van der Waals surface area (Å²) in [6, 6.07) is 3.32. The monoisotopic (exact) mass is 575 g/mol. The number of rotatable bonds is 12. The van der Waals surface area contributed by atoms with Gasteiger partial charge in [-0.3, -0.25) is 24.2 Å². The molecule has 0 aromatic heterocycles. The number of fused-ring (bicyclic) bond motifs is 2. The molecule has 2 aliphatic heterocycles. The fourth-order valence-corrected chi connectivity index (χ4v) is 5.95. The maximum Gasteiger partial charge on any atom is 0.315 e. The molecule has 2 aromatic carbocycles. The van der Waals surface area contributed by atoms with E-state index in [0.717, 1.165) is 21.7 Å². The second-order valence-corrected chi connectivity index (χ2v) is 10.8. The SMILES string of the molecule is CN1c2cccc(CO)c2C(C)(C)C12C=Cc1cc(O)cc(CN(CCN(CC(=O)F)CC(=O)F)CC(=O)F)c1O2. The number of likely N-dealkylation sites (N-methyl/N-ethyl adjacent to an activating group) is 1. The Kier molecular flexibility index (Phi) is 8.57. The van der Waals surface area contributed by atoms with Crippen molar-refractivity contribution in [3.63, 3.8) is 0 Å². The summed E-state index contributed by atoms with van der Waals surface area (Å²) in [4.78, 5) is 37.5. The van der Waals surface area contributed by atoms with Gasteiger partial charge in [-0.05, 0) is 55.3 Å². The highest BCUT2D eigenvalue weighted by Crippen LogP contribution is 2.56. The first-order chi connectivity index (χ1) is 19.3. The van der Waals surface area contributed by atoms with Crippen LogP contribution in [-0.4, -0.2) is 83.6 Å². The molecular formula is C29H32F3N3O6. The van der Waals surface area contributed by atoms with Gasteiger partial charge in [0.2, 0.25) is 5.72 Å². The van der Waals surface area contributed by atoms with Crippen LogP contribution in [0.3, 0.4) is 0 Å². The van der Waals surface area contributed by atoms with Crippen molar-refractivity contribution in [3.05, 3.63) is 58.7 Å². The predicted molar refractivity (Wildman–Crippen MR) is 144 cm³/mol. The van der Waals surface area contributed by atoms with Gasteiger partial charge in [-0.2, -0.15) is 13.2 Å². The van der Waals surface area contributed by atoms with Crippen LogP contribution in [0, 0.1) is 0 Å². The van der Waals surface area contributed by atoms with Crippen molar-refractivity contribution < 1.29 is 42.5 Å². The smallest absolute Gasteiger partial charge is 0.315 e. The molecule has 2 aromatic rings. The lowest BCUT2D eigenvalue weighted by Gasteiger charge is -2.46. The molecule has 2 heterocycles. The van der Waals surface area contributed by atoms with Gasteiger partial charge in [-0.1, -0.05) is 12.1 Å². The van der Waals surface area contributed by atoms with Crippen LogP contribution < -0.4 is 9.64 Å². The van der Waals surface area contributed by atoms with Crippen LogP contribution in [0.15, 0.2) is 36.4 Å². The summed E-state index contributed by atoms with van der Waals surface area (Å²) in [5.41, 5.74) is 1.74. The first-order valence-corrected chi connectivity index (χ1v) is 13.0. The Bertz CT molecular complexity index is 1380. The summed E-state index contributed by atoms with van der Waals surface area (Å²) >= 11 is 0. The number of ether oxygens (including phenoxy) is 1. The van der Waals surface area contributed by atoms with Gasteiger partial charge < -0.3 is 19.8 Å². The van der Waals surface area contributed by atoms with Gasteiger partial charge in [-0.15, -0.1) is 0 Å². The molecule has 0 aliphatic carbocycles. The number of carbonyl (C=O) groups is 3. The Balaban J connectivity index is 1.68. The Morgan fingerprint density at radius 3 is 2.17 bits per heavy atom. The number of anilines is 1. The molecule has 220 valence electrons. The second-order valence-electron chi connectivity index (χ2n) is 10.8. The molecule has 4 rings (SSSR count). The van der Waals surface area contributed by atoms with E-state index in [9.17, 15) is 37.8 Å². The fourth-order valence-electron chi connectivity index (χ4n) is 5.95. The molecule has 1 spiro atoms. The number of halogens is 3. The second kappa shape index (κ2) is 11.6. The molecule has 0 saturated carbocycles. The topological polar surface area (TPSA) is 111 Å². The third-order valence-electron chi connectivity index (χ3n) is 7.78. The zero-order valence-corrected chi connectivity index (χ0v) is 23.0. The summed E-state index contributed by atoms with van der Waals surface area (Å²) in [6.07, 6.45) is 3.68. The molecule has 12 heteroatoms. The van der Waals surface area contributed by atoms with Gasteiger partial charge in [0.1, 0.15) is 11.5 Å². The van der Waals surface area contributed by atoms with E-state index in [4.69, 9.17) is 4.74 Å². The average molecular weight is 576 g/mol. The molecule has 2 N–H and O–H groups in total. The van der Waals surface area contributed by atoms with E-state index in [1.807, 2.05) is 50.1 Å². The van der Waals surface area contributed by atoms with Gasteiger partial charge in [0.05, 0.1) is 31.7 Å². The van der Waals surface area contributed by atoms with Crippen LogP contribution >= 0.6 is 0 Å². The van der Waals surface area contributed by atoms with Gasteiger partial charge in [0.25, 0.3) is 0 Å². The summed E-state index contributed by atoms with van der Waals surface area (Å²) in [7, 11) is 1.87. The van der Waals surface area contributed by atoms with E-state index in [-0.39, 0.29) is 32.0 Å². The highest BCUT2D eigenvalue weighted by molar-refractivity contribution is 5.75.